The molecule has 0 heterocycles. The molecular weight excluding hydrogens is 420 g/mol. The van der Waals surface area contributed by atoms with E-state index in [4.69, 9.17) is 11.6 Å². The number of halogens is 4. The first-order valence-corrected chi connectivity index (χ1v) is 8.63. The van der Waals surface area contributed by atoms with Gasteiger partial charge in [0.2, 0.25) is 0 Å². The van der Waals surface area contributed by atoms with E-state index in [-0.39, 0.29) is 11.9 Å². The first kappa shape index (κ1) is 16.9. The second-order valence-corrected chi connectivity index (χ2v) is 6.81. The standard InChI is InChI=1S/C16H15Br2ClFN/c1-2-7-21-16(10-5-3-4-6-12(10)17)11-8-14(19)13(18)9-15(11)20/h3-6,8-9,16,21H,2,7H2,1H3. The topological polar surface area (TPSA) is 12.0 Å². The van der Waals surface area contributed by atoms with E-state index in [0.29, 0.717) is 15.1 Å². The van der Waals surface area contributed by atoms with Gasteiger partial charge in [-0.25, -0.2) is 4.39 Å². The Bertz CT molecular complexity index is 634. The van der Waals surface area contributed by atoms with Gasteiger partial charge in [0.05, 0.1) is 11.1 Å². The summed E-state index contributed by atoms with van der Waals surface area (Å²) in [5.41, 5.74) is 1.53. The monoisotopic (exact) mass is 433 g/mol. The third-order valence-corrected chi connectivity index (χ3v) is 5.08. The predicted molar refractivity (Wildman–Crippen MR) is 93.4 cm³/mol. The van der Waals surface area contributed by atoms with Crippen LogP contribution in [-0.2, 0) is 0 Å². The van der Waals surface area contributed by atoms with E-state index in [1.165, 1.54) is 6.07 Å². The van der Waals surface area contributed by atoms with Crippen molar-refractivity contribution in [2.24, 2.45) is 0 Å². The Morgan fingerprint density at radius 2 is 1.86 bits per heavy atom. The molecule has 0 spiro atoms. The molecule has 112 valence electrons. The van der Waals surface area contributed by atoms with Gasteiger partial charge in [0.1, 0.15) is 5.82 Å². The molecule has 1 atom stereocenters. The van der Waals surface area contributed by atoms with Crippen molar-refractivity contribution in [1.29, 1.82) is 0 Å². The number of hydrogen-bond acceptors (Lipinski definition) is 1. The van der Waals surface area contributed by atoms with Gasteiger partial charge in [-0.3, -0.25) is 0 Å². The normalized spacial score (nSPS) is 12.4. The highest BCUT2D eigenvalue weighted by molar-refractivity contribution is 9.10. The molecule has 0 aromatic heterocycles. The molecule has 0 saturated heterocycles. The summed E-state index contributed by atoms with van der Waals surface area (Å²) in [6.45, 7) is 2.87. The number of benzene rings is 2. The molecule has 0 bridgehead atoms. The number of nitrogens with one attached hydrogen (secondary N) is 1. The maximum Gasteiger partial charge on any atom is 0.129 e. The molecule has 0 aliphatic carbocycles. The predicted octanol–water partition coefficient (Wildman–Crippen LogP) is 6.09. The van der Waals surface area contributed by atoms with E-state index in [0.717, 1.165) is 23.0 Å². The van der Waals surface area contributed by atoms with Crippen LogP contribution in [0.1, 0.15) is 30.5 Å². The minimum absolute atomic E-state index is 0.244. The average molecular weight is 436 g/mol. The van der Waals surface area contributed by atoms with Crippen LogP contribution in [0.2, 0.25) is 5.02 Å². The molecule has 2 aromatic carbocycles. The van der Waals surface area contributed by atoms with E-state index in [9.17, 15) is 4.39 Å². The molecule has 0 aliphatic heterocycles. The zero-order chi connectivity index (χ0) is 15.4. The summed E-state index contributed by atoms with van der Waals surface area (Å²) < 4.78 is 15.9. The van der Waals surface area contributed by atoms with Crippen LogP contribution in [0.25, 0.3) is 0 Å². The molecule has 1 unspecified atom stereocenters. The molecule has 21 heavy (non-hydrogen) atoms. The lowest BCUT2D eigenvalue weighted by Crippen LogP contribution is -2.24. The van der Waals surface area contributed by atoms with Crippen molar-refractivity contribution in [3.63, 3.8) is 0 Å². The summed E-state index contributed by atoms with van der Waals surface area (Å²) >= 11 is 12.9. The molecule has 2 rings (SSSR count). The van der Waals surface area contributed by atoms with Crippen LogP contribution in [0.4, 0.5) is 4.39 Å². The molecule has 0 aliphatic rings. The molecule has 1 N–H and O–H groups in total. The van der Waals surface area contributed by atoms with Gasteiger partial charge in [0.25, 0.3) is 0 Å². The van der Waals surface area contributed by atoms with Gasteiger partial charge in [-0.2, -0.15) is 0 Å². The SMILES string of the molecule is CCCNC(c1cc(Cl)c(Br)cc1F)c1ccccc1Br. The quantitative estimate of drug-likeness (QED) is 0.560. The Morgan fingerprint density at radius 1 is 1.14 bits per heavy atom. The second kappa shape index (κ2) is 7.73. The van der Waals surface area contributed by atoms with Gasteiger partial charge in [-0.05, 0) is 52.7 Å². The fourth-order valence-electron chi connectivity index (χ4n) is 2.14. The zero-order valence-corrected chi connectivity index (χ0v) is 15.4. The lowest BCUT2D eigenvalue weighted by Gasteiger charge is -2.22. The van der Waals surface area contributed by atoms with Crippen molar-refractivity contribution < 1.29 is 4.39 Å². The van der Waals surface area contributed by atoms with Crippen molar-refractivity contribution >= 4 is 43.5 Å². The van der Waals surface area contributed by atoms with Crippen molar-refractivity contribution in [1.82, 2.24) is 5.32 Å². The highest BCUT2D eigenvalue weighted by Gasteiger charge is 2.20. The lowest BCUT2D eigenvalue weighted by molar-refractivity contribution is 0.545. The van der Waals surface area contributed by atoms with Crippen LogP contribution in [0, 0.1) is 5.82 Å². The van der Waals surface area contributed by atoms with E-state index in [2.05, 4.69) is 44.1 Å². The maximum absolute atomic E-state index is 14.4. The van der Waals surface area contributed by atoms with Gasteiger partial charge in [-0.1, -0.05) is 52.7 Å². The second-order valence-electron chi connectivity index (χ2n) is 4.70. The third-order valence-electron chi connectivity index (χ3n) is 3.17. The van der Waals surface area contributed by atoms with E-state index in [1.807, 2.05) is 24.3 Å². The van der Waals surface area contributed by atoms with Crippen molar-refractivity contribution in [3.05, 3.63) is 67.3 Å². The van der Waals surface area contributed by atoms with E-state index in [1.54, 1.807) is 6.07 Å². The number of hydrogen-bond donors (Lipinski definition) is 1. The van der Waals surface area contributed by atoms with E-state index < -0.39 is 0 Å². The van der Waals surface area contributed by atoms with Gasteiger partial charge in [0, 0.05) is 14.5 Å². The largest absolute Gasteiger partial charge is 0.306 e. The van der Waals surface area contributed by atoms with Gasteiger partial charge in [0.15, 0.2) is 0 Å². The van der Waals surface area contributed by atoms with E-state index >= 15 is 0 Å². The minimum atomic E-state index is -0.282. The van der Waals surface area contributed by atoms with Crippen LogP contribution in [0.5, 0.6) is 0 Å². The minimum Gasteiger partial charge on any atom is -0.306 e. The Morgan fingerprint density at radius 3 is 2.52 bits per heavy atom. The molecule has 0 fully saturated rings. The first-order valence-electron chi connectivity index (χ1n) is 6.66. The molecule has 0 saturated carbocycles. The Kier molecular flexibility index (Phi) is 6.23. The Balaban J connectivity index is 2.51. The zero-order valence-electron chi connectivity index (χ0n) is 11.5. The molecule has 2 aromatic rings. The van der Waals surface area contributed by atoms with Crippen LogP contribution in [0.3, 0.4) is 0 Å². The third kappa shape index (κ3) is 4.07. The summed E-state index contributed by atoms with van der Waals surface area (Å²) in [6, 6.07) is 10.7. The fraction of sp³-hybridized carbons (Fsp3) is 0.250. The highest BCUT2D eigenvalue weighted by atomic mass is 79.9. The van der Waals surface area contributed by atoms with Gasteiger partial charge in [-0.15, -0.1) is 0 Å². The first-order chi connectivity index (χ1) is 10.0. The van der Waals surface area contributed by atoms with Crippen LogP contribution in [-0.4, -0.2) is 6.54 Å². The summed E-state index contributed by atoms with van der Waals surface area (Å²) in [5, 5.41) is 3.89. The summed E-state index contributed by atoms with van der Waals surface area (Å²) in [7, 11) is 0. The van der Waals surface area contributed by atoms with Crippen molar-refractivity contribution in [2.75, 3.05) is 6.54 Å². The lowest BCUT2D eigenvalue weighted by atomic mass is 9.98. The van der Waals surface area contributed by atoms with Crippen LogP contribution < -0.4 is 5.32 Å². The highest BCUT2D eigenvalue weighted by Crippen LogP contribution is 2.34. The summed E-state index contributed by atoms with van der Waals surface area (Å²) in [5.74, 6) is -0.282. The maximum atomic E-state index is 14.4. The molecule has 0 amide bonds. The summed E-state index contributed by atoms with van der Waals surface area (Å²) in [6.07, 6.45) is 0.965. The van der Waals surface area contributed by atoms with Gasteiger partial charge >= 0.3 is 0 Å². The molecule has 1 nitrogen and oxygen atoms in total. The molecular formula is C16H15Br2ClFN. The van der Waals surface area contributed by atoms with Gasteiger partial charge < -0.3 is 5.32 Å². The van der Waals surface area contributed by atoms with Crippen LogP contribution in [0.15, 0.2) is 45.3 Å². The van der Waals surface area contributed by atoms with Crippen LogP contribution >= 0.6 is 43.5 Å². The fourth-order valence-corrected chi connectivity index (χ4v) is 3.15. The molecule has 0 radical (unpaired) electrons. The Labute approximate surface area is 146 Å². The summed E-state index contributed by atoms with van der Waals surface area (Å²) in [4.78, 5) is 0. The van der Waals surface area contributed by atoms with Crippen molar-refractivity contribution in [2.45, 2.75) is 19.4 Å². The molecule has 5 heteroatoms. The Hall–Kier alpha value is -0.420. The smallest absolute Gasteiger partial charge is 0.129 e. The number of rotatable bonds is 5. The van der Waals surface area contributed by atoms with Crippen molar-refractivity contribution in [3.8, 4) is 0 Å². The average Bonchev–Trinajstić information content (AvgIpc) is 2.46.